The van der Waals surface area contributed by atoms with Crippen molar-refractivity contribution in [2.75, 3.05) is 26.2 Å². The maximum atomic E-state index is 5.73. The van der Waals surface area contributed by atoms with Crippen molar-refractivity contribution >= 4 is 33.3 Å². The standard InChI is InChI=1S/C17H24BrN3OS/c1-2-21-8-3-4-13(21)11-19-17(23)20-15-7-9-22-16-6-5-12(18)10-14(15)16/h5-6,10,13,15H,2-4,7-9,11H2,1H3,(H2,19,20,23)/t13-,15+/m1/s1. The largest absolute Gasteiger partial charge is 0.493 e. The van der Waals surface area contributed by atoms with E-state index in [2.05, 4.69) is 44.5 Å². The molecule has 2 heterocycles. The van der Waals surface area contributed by atoms with Gasteiger partial charge in [-0.15, -0.1) is 0 Å². The predicted molar refractivity (Wildman–Crippen MR) is 101 cm³/mol. The highest BCUT2D eigenvalue weighted by Gasteiger charge is 2.24. The van der Waals surface area contributed by atoms with Crippen molar-refractivity contribution in [3.05, 3.63) is 28.2 Å². The lowest BCUT2D eigenvalue weighted by molar-refractivity contribution is 0.259. The molecule has 2 atom stereocenters. The summed E-state index contributed by atoms with van der Waals surface area (Å²) in [5, 5.41) is 7.61. The summed E-state index contributed by atoms with van der Waals surface area (Å²) in [6, 6.07) is 6.96. The summed E-state index contributed by atoms with van der Waals surface area (Å²) >= 11 is 9.05. The molecule has 1 aromatic carbocycles. The van der Waals surface area contributed by atoms with Gasteiger partial charge >= 0.3 is 0 Å². The fourth-order valence-corrected chi connectivity index (χ4v) is 4.08. The molecule has 0 bridgehead atoms. The Bertz CT molecular complexity index is 569. The van der Waals surface area contributed by atoms with Gasteiger partial charge in [-0.1, -0.05) is 22.9 Å². The molecule has 6 heteroatoms. The van der Waals surface area contributed by atoms with Gasteiger partial charge in [-0.3, -0.25) is 4.90 Å². The molecule has 1 aromatic rings. The van der Waals surface area contributed by atoms with Crippen LogP contribution in [-0.2, 0) is 0 Å². The first-order chi connectivity index (χ1) is 11.2. The molecule has 23 heavy (non-hydrogen) atoms. The van der Waals surface area contributed by atoms with Crippen LogP contribution in [0.2, 0.25) is 0 Å². The van der Waals surface area contributed by atoms with Crippen LogP contribution in [0.5, 0.6) is 5.75 Å². The van der Waals surface area contributed by atoms with E-state index < -0.39 is 0 Å². The molecule has 0 saturated carbocycles. The van der Waals surface area contributed by atoms with Crippen LogP contribution >= 0.6 is 28.1 Å². The molecule has 2 aliphatic heterocycles. The summed E-state index contributed by atoms with van der Waals surface area (Å²) in [5.41, 5.74) is 1.17. The number of thiocarbonyl (C=S) groups is 1. The van der Waals surface area contributed by atoms with Crippen LogP contribution in [0, 0.1) is 0 Å². The zero-order valence-corrected chi connectivity index (χ0v) is 15.9. The number of nitrogens with one attached hydrogen (secondary N) is 2. The van der Waals surface area contributed by atoms with E-state index in [4.69, 9.17) is 17.0 Å². The second-order valence-corrected chi connectivity index (χ2v) is 7.47. The SMILES string of the molecule is CCN1CCC[C@@H]1CNC(=S)N[C@H]1CCOc2ccc(Br)cc21. The predicted octanol–water partition coefficient (Wildman–Crippen LogP) is 3.22. The van der Waals surface area contributed by atoms with Gasteiger partial charge in [0.05, 0.1) is 12.6 Å². The molecular formula is C17H24BrN3OS. The van der Waals surface area contributed by atoms with Crippen LogP contribution in [0.1, 0.15) is 37.8 Å². The fraction of sp³-hybridized carbons (Fsp3) is 0.588. The number of hydrogen-bond acceptors (Lipinski definition) is 3. The second kappa shape index (κ2) is 7.81. The van der Waals surface area contributed by atoms with Crippen molar-refractivity contribution in [3.63, 3.8) is 0 Å². The lowest BCUT2D eigenvalue weighted by atomic mass is 10.0. The Labute approximate surface area is 152 Å². The number of benzene rings is 1. The molecule has 2 N–H and O–H groups in total. The molecule has 0 aromatic heterocycles. The van der Waals surface area contributed by atoms with Crippen LogP contribution in [0.4, 0.5) is 0 Å². The number of likely N-dealkylation sites (tertiary alicyclic amines) is 1. The summed E-state index contributed by atoms with van der Waals surface area (Å²) in [7, 11) is 0. The smallest absolute Gasteiger partial charge is 0.166 e. The maximum absolute atomic E-state index is 5.73. The molecule has 3 rings (SSSR count). The molecule has 0 aliphatic carbocycles. The summed E-state index contributed by atoms with van der Waals surface area (Å²) in [6.45, 7) is 6.21. The molecule has 0 radical (unpaired) electrons. The third kappa shape index (κ3) is 4.17. The van der Waals surface area contributed by atoms with Gasteiger partial charge in [0.15, 0.2) is 5.11 Å². The monoisotopic (exact) mass is 397 g/mol. The van der Waals surface area contributed by atoms with Crippen molar-refractivity contribution < 1.29 is 4.74 Å². The number of hydrogen-bond donors (Lipinski definition) is 2. The Kier molecular flexibility index (Phi) is 5.77. The Hall–Kier alpha value is -0.850. The van der Waals surface area contributed by atoms with Gasteiger partial charge in [-0.05, 0) is 56.3 Å². The number of halogens is 1. The van der Waals surface area contributed by atoms with E-state index in [9.17, 15) is 0 Å². The van der Waals surface area contributed by atoms with Crippen molar-refractivity contribution in [2.24, 2.45) is 0 Å². The van der Waals surface area contributed by atoms with Gasteiger partial charge in [0.1, 0.15) is 5.75 Å². The topological polar surface area (TPSA) is 36.5 Å². The molecule has 126 valence electrons. The van der Waals surface area contributed by atoms with Crippen LogP contribution in [0.15, 0.2) is 22.7 Å². The fourth-order valence-electron chi connectivity index (χ4n) is 3.48. The summed E-state index contributed by atoms with van der Waals surface area (Å²) in [6.07, 6.45) is 3.48. The minimum Gasteiger partial charge on any atom is -0.493 e. The highest BCUT2D eigenvalue weighted by atomic mass is 79.9. The summed E-state index contributed by atoms with van der Waals surface area (Å²) in [5.74, 6) is 0.952. The van der Waals surface area contributed by atoms with Crippen LogP contribution < -0.4 is 15.4 Å². The highest BCUT2D eigenvalue weighted by Crippen LogP contribution is 2.34. The van der Waals surface area contributed by atoms with Crippen molar-refractivity contribution in [3.8, 4) is 5.75 Å². The zero-order valence-electron chi connectivity index (χ0n) is 13.5. The number of nitrogens with zero attached hydrogens (tertiary/aromatic N) is 1. The first kappa shape index (κ1) is 17.0. The van der Waals surface area contributed by atoms with Crippen molar-refractivity contribution in [1.29, 1.82) is 0 Å². The lowest BCUT2D eigenvalue weighted by Gasteiger charge is -2.29. The highest BCUT2D eigenvalue weighted by molar-refractivity contribution is 9.10. The molecule has 2 aliphatic rings. The maximum Gasteiger partial charge on any atom is 0.166 e. The number of likely N-dealkylation sites (N-methyl/N-ethyl adjacent to an activating group) is 1. The minimum atomic E-state index is 0.210. The zero-order chi connectivity index (χ0) is 16.2. The first-order valence-corrected chi connectivity index (χ1v) is 9.58. The molecular weight excluding hydrogens is 374 g/mol. The Balaban J connectivity index is 1.56. The van der Waals surface area contributed by atoms with E-state index in [1.807, 2.05) is 12.1 Å². The Morgan fingerprint density at radius 3 is 3.13 bits per heavy atom. The number of ether oxygens (including phenoxy) is 1. The van der Waals surface area contributed by atoms with Gasteiger partial charge in [-0.25, -0.2) is 0 Å². The van der Waals surface area contributed by atoms with Gasteiger partial charge in [0, 0.05) is 29.0 Å². The quantitative estimate of drug-likeness (QED) is 0.762. The van der Waals surface area contributed by atoms with Gasteiger partial charge in [-0.2, -0.15) is 0 Å². The van der Waals surface area contributed by atoms with Gasteiger partial charge in [0.2, 0.25) is 0 Å². The molecule has 4 nitrogen and oxygen atoms in total. The Morgan fingerprint density at radius 2 is 2.30 bits per heavy atom. The van der Waals surface area contributed by atoms with E-state index in [1.54, 1.807) is 0 Å². The summed E-state index contributed by atoms with van der Waals surface area (Å²) < 4.78 is 6.80. The van der Waals surface area contributed by atoms with Gasteiger partial charge in [0.25, 0.3) is 0 Å². The van der Waals surface area contributed by atoms with E-state index in [1.165, 1.54) is 24.9 Å². The van der Waals surface area contributed by atoms with E-state index in [0.717, 1.165) is 41.5 Å². The number of rotatable bonds is 4. The van der Waals surface area contributed by atoms with Crippen LogP contribution in [0.3, 0.4) is 0 Å². The molecule has 1 saturated heterocycles. The lowest BCUT2D eigenvalue weighted by Crippen LogP contribution is -2.45. The molecule has 0 spiro atoms. The van der Waals surface area contributed by atoms with Crippen molar-refractivity contribution in [2.45, 2.75) is 38.3 Å². The first-order valence-electron chi connectivity index (χ1n) is 8.38. The van der Waals surface area contributed by atoms with E-state index >= 15 is 0 Å². The third-order valence-electron chi connectivity index (χ3n) is 4.72. The third-order valence-corrected chi connectivity index (χ3v) is 5.48. The minimum absolute atomic E-state index is 0.210. The second-order valence-electron chi connectivity index (χ2n) is 6.15. The van der Waals surface area contributed by atoms with Crippen molar-refractivity contribution in [1.82, 2.24) is 15.5 Å². The van der Waals surface area contributed by atoms with E-state index in [0.29, 0.717) is 6.04 Å². The number of fused-ring (bicyclic) bond motifs is 1. The Morgan fingerprint density at radius 1 is 1.43 bits per heavy atom. The average Bonchev–Trinajstić information content (AvgIpc) is 3.01. The average molecular weight is 398 g/mol. The van der Waals surface area contributed by atoms with Gasteiger partial charge < -0.3 is 15.4 Å². The molecule has 0 unspecified atom stereocenters. The van der Waals surface area contributed by atoms with Crippen LogP contribution in [0.25, 0.3) is 0 Å². The molecule has 1 fully saturated rings. The van der Waals surface area contributed by atoms with E-state index in [-0.39, 0.29) is 6.04 Å². The van der Waals surface area contributed by atoms with Crippen LogP contribution in [-0.4, -0.2) is 42.3 Å². The normalized spacial score (nSPS) is 23.9. The molecule has 0 amide bonds. The summed E-state index contributed by atoms with van der Waals surface area (Å²) in [4.78, 5) is 2.52.